The quantitative estimate of drug-likeness (QED) is 0.616. The van der Waals surface area contributed by atoms with E-state index in [0.717, 1.165) is 0 Å². The third-order valence-corrected chi connectivity index (χ3v) is 4.56. The topological polar surface area (TPSA) is 64.6 Å². The van der Waals surface area contributed by atoms with E-state index in [4.69, 9.17) is 9.26 Å². The lowest BCUT2D eigenvalue weighted by Gasteiger charge is -2.22. The van der Waals surface area contributed by atoms with Crippen LogP contribution in [0.15, 0.2) is 30.3 Å². The molecular weight excluding hydrogens is 265 g/mol. The molecule has 0 aliphatic rings. The molecule has 0 aromatic heterocycles. The normalized spacial score (nSPS) is 15.3. The molecule has 0 saturated heterocycles. The van der Waals surface area contributed by atoms with E-state index < -0.39 is 19.5 Å². The molecule has 0 aliphatic carbocycles. The lowest BCUT2D eigenvalue weighted by atomic mass is 10.3. The first-order valence-electron chi connectivity index (χ1n) is 6.29. The Hall–Kier alpha value is -1.32. The van der Waals surface area contributed by atoms with Gasteiger partial charge in [0.2, 0.25) is 0 Å². The van der Waals surface area contributed by atoms with Gasteiger partial charge in [-0.1, -0.05) is 25.1 Å². The lowest BCUT2D eigenvalue weighted by Crippen LogP contribution is -2.35. The maximum Gasteiger partial charge on any atom is 0.323 e. The Bertz CT molecular complexity index is 449. The number of hydrogen-bond donors (Lipinski definition) is 1. The van der Waals surface area contributed by atoms with Gasteiger partial charge in [-0.25, -0.2) is 5.09 Å². The molecule has 0 heterocycles. The van der Waals surface area contributed by atoms with Gasteiger partial charge in [0.1, 0.15) is 11.8 Å². The Morgan fingerprint density at radius 1 is 1.32 bits per heavy atom. The summed E-state index contributed by atoms with van der Waals surface area (Å²) in [6.07, 6.45) is 0.283. The van der Waals surface area contributed by atoms with E-state index in [2.05, 4.69) is 5.09 Å². The summed E-state index contributed by atoms with van der Waals surface area (Å²) in [6, 6.07) is 8.21. The zero-order valence-corrected chi connectivity index (χ0v) is 12.4. The van der Waals surface area contributed by atoms with Crippen molar-refractivity contribution in [2.24, 2.45) is 0 Å². The minimum atomic E-state index is -3.11. The molecular formula is C13H20NO4P. The largest absolute Gasteiger partial charge is 0.465 e. The molecule has 0 aliphatic heterocycles. The van der Waals surface area contributed by atoms with Crippen LogP contribution in [0.25, 0.3) is 0 Å². The van der Waals surface area contributed by atoms with Gasteiger partial charge in [0.15, 0.2) is 0 Å². The van der Waals surface area contributed by atoms with Crippen LogP contribution in [0.5, 0.6) is 5.75 Å². The molecule has 1 aromatic carbocycles. The second-order valence-corrected chi connectivity index (χ2v) is 6.42. The zero-order valence-electron chi connectivity index (χ0n) is 11.5. The molecule has 0 saturated carbocycles. The van der Waals surface area contributed by atoms with Crippen molar-refractivity contribution in [2.45, 2.75) is 26.8 Å². The van der Waals surface area contributed by atoms with Crippen LogP contribution in [0.2, 0.25) is 0 Å². The van der Waals surface area contributed by atoms with Crippen LogP contribution in [-0.4, -0.2) is 24.8 Å². The average Bonchev–Trinajstić information content (AvgIpc) is 2.40. The second kappa shape index (κ2) is 7.31. The van der Waals surface area contributed by atoms with Crippen LogP contribution in [0, 0.1) is 0 Å². The molecule has 0 amide bonds. The molecule has 6 heteroatoms. The van der Waals surface area contributed by atoms with Gasteiger partial charge in [0, 0.05) is 6.16 Å². The van der Waals surface area contributed by atoms with Crippen LogP contribution in [0.3, 0.4) is 0 Å². The van der Waals surface area contributed by atoms with Gasteiger partial charge < -0.3 is 9.26 Å². The van der Waals surface area contributed by atoms with Crippen LogP contribution < -0.4 is 9.61 Å². The molecule has 0 radical (unpaired) electrons. The fourth-order valence-electron chi connectivity index (χ4n) is 1.45. The molecule has 1 N–H and O–H groups in total. The van der Waals surface area contributed by atoms with Gasteiger partial charge in [-0.05, 0) is 26.0 Å². The minimum Gasteiger partial charge on any atom is -0.465 e. The number of ether oxygens (including phenoxy) is 1. The van der Waals surface area contributed by atoms with Crippen molar-refractivity contribution >= 4 is 13.5 Å². The number of nitrogens with one attached hydrogen (secondary N) is 1. The Labute approximate surface area is 113 Å². The minimum absolute atomic E-state index is 0.283. The van der Waals surface area contributed by atoms with Crippen LogP contribution in [0.4, 0.5) is 0 Å². The predicted octanol–water partition coefficient (Wildman–Crippen LogP) is 2.82. The number of hydrogen-bond acceptors (Lipinski definition) is 4. The summed E-state index contributed by atoms with van der Waals surface area (Å²) in [5, 5.41) is 2.73. The van der Waals surface area contributed by atoms with E-state index >= 15 is 0 Å². The average molecular weight is 285 g/mol. The molecule has 1 rings (SSSR count). The predicted molar refractivity (Wildman–Crippen MR) is 74.4 cm³/mol. The Morgan fingerprint density at radius 3 is 2.47 bits per heavy atom. The third kappa shape index (κ3) is 5.05. The van der Waals surface area contributed by atoms with Gasteiger partial charge in [-0.15, -0.1) is 0 Å². The summed E-state index contributed by atoms with van der Waals surface area (Å²) in [4.78, 5) is 11.5. The second-order valence-electron chi connectivity index (χ2n) is 4.00. The SMILES string of the molecule is CCOC(=O)[C@H](C)N[P@](=O)(CC)Oc1ccccc1. The smallest absolute Gasteiger partial charge is 0.323 e. The highest BCUT2D eigenvalue weighted by molar-refractivity contribution is 7.57. The van der Waals surface area contributed by atoms with E-state index in [1.807, 2.05) is 6.07 Å². The van der Waals surface area contributed by atoms with Gasteiger partial charge in [-0.3, -0.25) is 9.36 Å². The molecule has 0 unspecified atom stereocenters. The molecule has 19 heavy (non-hydrogen) atoms. The first kappa shape index (κ1) is 15.7. The van der Waals surface area contributed by atoms with E-state index in [1.54, 1.807) is 45.0 Å². The van der Waals surface area contributed by atoms with Crippen molar-refractivity contribution in [2.75, 3.05) is 12.8 Å². The van der Waals surface area contributed by atoms with Crippen molar-refractivity contribution in [1.82, 2.24) is 5.09 Å². The third-order valence-electron chi connectivity index (χ3n) is 2.44. The summed E-state index contributed by atoms with van der Waals surface area (Å²) < 4.78 is 22.9. The van der Waals surface area contributed by atoms with E-state index in [1.165, 1.54) is 0 Å². The molecule has 2 atom stereocenters. The molecule has 0 spiro atoms. The van der Waals surface area contributed by atoms with Crippen LogP contribution in [0.1, 0.15) is 20.8 Å². The fraction of sp³-hybridized carbons (Fsp3) is 0.462. The summed E-state index contributed by atoms with van der Waals surface area (Å²) in [5.41, 5.74) is 0. The summed E-state index contributed by atoms with van der Waals surface area (Å²) in [7, 11) is -3.11. The van der Waals surface area contributed by atoms with Crippen molar-refractivity contribution in [3.8, 4) is 5.75 Å². The van der Waals surface area contributed by atoms with Crippen molar-refractivity contribution in [1.29, 1.82) is 0 Å². The Balaban J connectivity index is 2.70. The zero-order chi connectivity index (χ0) is 14.3. The summed E-state index contributed by atoms with van der Waals surface area (Å²) in [5.74, 6) is 0.0732. The monoisotopic (exact) mass is 285 g/mol. The first-order chi connectivity index (χ1) is 9.00. The number of carbonyl (C=O) groups excluding carboxylic acids is 1. The summed E-state index contributed by atoms with van der Waals surface area (Å²) >= 11 is 0. The maximum absolute atomic E-state index is 12.5. The molecule has 106 valence electrons. The summed E-state index contributed by atoms with van der Waals surface area (Å²) in [6.45, 7) is 5.37. The number of para-hydroxylation sites is 1. The van der Waals surface area contributed by atoms with Crippen molar-refractivity contribution in [3.63, 3.8) is 0 Å². The van der Waals surface area contributed by atoms with Crippen molar-refractivity contribution < 1.29 is 18.6 Å². The molecule has 0 fully saturated rings. The van der Waals surface area contributed by atoms with Gasteiger partial charge >= 0.3 is 13.5 Å². The van der Waals surface area contributed by atoms with E-state index in [-0.39, 0.29) is 6.16 Å². The molecule has 5 nitrogen and oxygen atoms in total. The fourth-order valence-corrected chi connectivity index (χ4v) is 2.97. The number of rotatable bonds is 7. The highest BCUT2D eigenvalue weighted by Crippen LogP contribution is 2.42. The Kier molecular flexibility index (Phi) is 6.06. The number of carbonyl (C=O) groups is 1. The number of benzene rings is 1. The molecule has 0 bridgehead atoms. The van der Waals surface area contributed by atoms with Crippen molar-refractivity contribution in [3.05, 3.63) is 30.3 Å². The highest BCUT2D eigenvalue weighted by atomic mass is 31.2. The van der Waals surface area contributed by atoms with Crippen LogP contribution in [-0.2, 0) is 14.1 Å². The Morgan fingerprint density at radius 2 is 1.95 bits per heavy atom. The van der Waals surface area contributed by atoms with Gasteiger partial charge in [-0.2, -0.15) is 0 Å². The standard InChI is InChI=1S/C13H20NO4P/c1-4-17-13(15)11(3)14-19(16,5-2)18-12-9-7-6-8-10-12/h6-11H,4-5H2,1-3H3,(H,14,16)/t11-,19-/m0/s1. The van der Waals surface area contributed by atoms with Gasteiger partial charge in [0.05, 0.1) is 6.61 Å². The van der Waals surface area contributed by atoms with E-state index in [9.17, 15) is 9.36 Å². The molecule has 1 aromatic rings. The van der Waals surface area contributed by atoms with Crippen LogP contribution >= 0.6 is 7.52 Å². The number of esters is 1. The lowest BCUT2D eigenvalue weighted by molar-refractivity contribution is -0.144. The first-order valence-corrected chi connectivity index (χ1v) is 8.10. The van der Waals surface area contributed by atoms with Gasteiger partial charge in [0.25, 0.3) is 0 Å². The van der Waals surface area contributed by atoms with E-state index in [0.29, 0.717) is 12.4 Å². The highest BCUT2D eigenvalue weighted by Gasteiger charge is 2.28. The maximum atomic E-state index is 12.5.